The first kappa shape index (κ1) is 10.7. The van der Waals surface area contributed by atoms with Gasteiger partial charge in [0.05, 0.1) is 0 Å². The van der Waals surface area contributed by atoms with Crippen LogP contribution in [0.3, 0.4) is 0 Å². The molecule has 0 aromatic rings. The van der Waals surface area contributed by atoms with Crippen molar-refractivity contribution in [3.63, 3.8) is 0 Å². The molecular formula is C11H21NO. The molecule has 1 aliphatic carbocycles. The summed E-state index contributed by atoms with van der Waals surface area (Å²) in [5.41, 5.74) is 0. The number of carbonyl (C=O) groups is 1. The topological polar surface area (TPSA) is 20.3 Å². The van der Waals surface area contributed by atoms with Gasteiger partial charge in [-0.2, -0.15) is 0 Å². The highest BCUT2D eigenvalue weighted by atomic mass is 16.1. The molecule has 0 aromatic carbocycles. The van der Waals surface area contributed by atoms with E-state index < -0.39 is 0 Å². The largest absolute Gasteiger partial charge is 0.300 e. The van der Waals surface area contributed by atoms with E-state index in [1.165, 1.54) is 12.8 Å². The Bertz CT molecular complexity index is 179. The van der Waals surface area contributed by atoms with E-state index in [2.05, 4.69) is 25.8 Å². The predicted octanol–water partition coefficient (Wildman–Crippen LogP) is 2.23. The lowest BCUT2D eigenvalue weighted by atomic mass is 9.92. The molecule has 0 radical (unpaired) electrons. The summed E-state index contributed by atoms with van der Waals surface area (Å²) < 4.78 is 0. The lowest BCUT2D eigenvalue weighted by Gasteiger charge is -2.34. The predicted molar refractivity (Wildman–Crippen MR) is 54.8 cm³/mol. The molecule has 2 atom stereocenters. The zero-order valence-electron chi connectivity index (χ0n) is 9.05. The smallest absolute Gasteiger partial charge is 0.134 e. The Kier molecular flexibility index (Phi) is 3.91. The minimum absolute atomic E-state index is 0.450. The Morgan fingerprint density at radius 2 is 2.31 bits per heavy atom. The number of hydrogen-bond donors (Lipinski definition) is 0. The Labute approximate surface area is 81.3 Å². The third-order valence-electron chi connectivity index (χ3n) is 3.32. The number of hydrogen-bond acceptors (Lipinski definition) is 2. The van der Waals surface area contributed by atoms with Crippen LogP contribution in [-0.2, 0) is 4.79 Å². The fourth-order valence-electron chi connectivity index (χ4n) is 2.00. The Balaban J connectivity index is 2.45. The molecule has 0 spiro atoms. The maximum absolute atomic E-state index is 11.3. The van der Waals surface area contributed by atoms with Crippen LogP contribution in [0.25, 0.3) is 0 Å². The SMILES string of the molecule is CCC(C)N(C)C1CCCC(=O)C1. The first-order valence-electron chi connectivity index (χ1n) is 5.38. The first-order chi connectivity index (χ1) is 6.15. The summed E-state index contributed by atoms with van der Waals surface area (Å²) in [7, 11) is 2.15. The van der Waals surface area contributed by atoms with Crippen LogP contribution in [0.5, 0.6) is 0 Å². The number of rotatable bonds is 3. The molecule has 2 heteroatoms. The van der Waals surface area contributed by atoms with Crippen LogP contribution in [0.2, 0.25) is 0 Å². The molecule has 1 fully saturated rings. The van der Waals surface area contributed by atoms with Gasteiger partial charge >= 0.3 is 0 Å². The van der Waals surface area contributed by atoms with Gasteiger partial charge in [-0.1, -0.05) is 6.92 Å². The summed E-state index contributed by atoms with van der Waals surface area (Å²) in [6.45, 7) is 4.44. The maximum atomic E-state index is 11.3. The van der Waals surface area contributed by atoms with Gasteiger partial charge in [0.15, 0.2) is 0 Å². The van der Waals surface area contributed by atoms with Gasteiger partial charge in [0.2, 0.25) is 0 Å². The summed E-state index contributed by atoms with van der Waals surface area (Å²) in [6.07, 6.45) is 5.05. The molecule has 0 aromatic heterocycles. The quantitative estimate of drug-likeness (QED) is 0.668. The molecule has 0 N–H and O–H groups in total. The van der Waals surface area contributed by atoms with Crippen LogP contribution < -0.4 is 0 Å². The molecule has 2 nitrogen and oxygen atoms in total. The van der Waals surface area contributed by atoms with Gasteiger partial charge < -0.3 is 4.90 Å². The number of nitrogens with zero attached hydrogens (tertiary/aromatic N) is 1. The van der Waals surface area contributed by atoms with E-state index in [4.69, 9.17) is 0 Å². The zero-order chi connectivity index (χ0) is 9.84. The molecule has 1 aliphatic rings. The third kappa shape index (κ3) is 2.80. The Morgan fingerprint density at radius 3 is 2.85 bits per heavy atom. The minimum Gasteiger partial charge on any atom is -0.300 e. The second-order valence-electron chi connectivity index (χ2n) is 4.21. The van der Waals surface area contributed by atoms with Crippen LogP contribution in [-0.4, -0.2) is 29.8 Å². The lowest BCUT2D eigenvalue weighted by molar-refractivity contribution is -0.122. The van der Waals surface area contributed by atoms with Gasteiger partial charge in [0.25, 0.3) is 0 Å². The highest BCUT2D eigenvalue weighted by Crippen LogP contribution is 2.21. The average molecular weight is 183 g/mol. The van der Waals surface area contributed by atoms with Crippen molar-refractivity contribution in [1.82, 2.24) is 4.90 Å². The van der Waals surface area contributed by atoms with Crippen LogP contribution in [0.4, 0.5) is 0 Å². The van der Waals surface area contributed by atoms with Crippen molar-refractivity contribution in [3.05, 3.63) is 0 Å². The fraction of sp³-hybridized carbons (Fsp3) is 0.909. The molecule has 0 heterocycles. The van der Waals surface area contributed by atoms with E-state index in [9.17, 15) is 4.79 Å². The second kappa shape index (κ2) is 4.75. The summed E-state index contributed by atoms with van der Waals surface area (Å²) in [5, 5.41) is 0. The molecule has 76 valence electrons. The molecule has 1 rings (SSSR count). The van der Waals surface area contributed by atoms with Crippen LogP contribution in [0.1, 0.15) is 46.0 Å². The van der Waals surface area contributed by atoms with E-state index in [1.54, 1.807) is 0 Å². The van der Waals surface area contributed by atoms with Crippen LogP contribution >= 0.6 is 0 Å². The second-order valence-corrected chi connectivity index (χ2v) is 4.21. The summed E-state index contributed by atoms with van der Waals surface area (Å²) in [4.78, 5) is 13.6. The van der Waals surface area contributed by atoms with Gasteiger partial charge in [0, 0.05) is 24.9 Å². The van der Waals surface area contributed by atoms with E-state index in [0.717, 1.165) is 19.3 Å². The van der Waals surface area contributed by atoms with E-state index >= 15 is 0 Å². The standard InChI is InChI=1S/C11H21NO/c1-4-9(2)12(3)10-6-5-7-11(13)8-10/h9-10H,4-8H2,1-3H3. The zero-order valence-corrected chi connectivity index (χ0v) is 9.05. The molecule has 2 unspecified atom stereocenters. The van der Waals surface area contributed by atoms with Crippen molar-refractivity contribution < 1.29 is 4.79 Å². The molecule has 0 aliphatic heterocycles. The molecule has 0 amide bonds. The van der Waals surface area contributed by atoms with Crippen molar-refractivity contribution in [2.45, 2.75) is 58.0 Å². The van der Waals surface area contributed by atoms with E-state index in [1.807, 2.05) is 0 Å². The van der Waals surface area contributed by atoms with E-state index in [0.29, 0.717) is 17.9 Å². The molecule has 1 saturated carbocycles. The molecular weight excluding hydrogens is 162 g/mol. The number of Topliss-reactive ketones (excluding diaryl/α,β-unsaturated/α-hetero) is 1. The monoisotopic (exact) mass is 183 g/mol. The number of ketones is 1. The summed E-state index contributed by atoms with van der Waals surface area (Å²) in [5.74, 6) is 0.450. The van der Waals surface area contributed by atoms with Crippen LogP contribution in [0, 0.1) is 0 Å². The van der Waals surface area contributed by atoms with Gasteiger partial charge in [-0.3, -0.25) is 4.79 Å². The first-order valence-corrected chi connectivity index (χ1v) is 5.38. The van der Waals surface area contributed by atoms with Crippen molar-refractivity contribution in [3.8, 4) is 0 Å². The Morgan fingerprint density at radius 1 is 1.62 bits per heavy atom. The average Bonchev–Trinajstić information content (AvgIpc) is 2.15. The summed E-state index contributed by atoms with van der Waals surface area (Å²) >= 11 is 0. The van der Waals surface area contributed by atoms with Crippen molar-refractivity contribution in [2.24, 2.45) is 0 Å². The molecule has 13 heavy (non-hydrogen) atoms. The minimum atomic E-state index is 0.450. The maximum Gasteiger partial charge on any atom is 0.134 e. The highest BCUT2D eigenvalue weighted by molar-refractivity contribution is 5.79. The fourth-order valence-corrected chi connectivity index (χ4v) is 2.00. The van der Waals surface area contributed by atoms with Crippen molar-refractivity contribution in [2.75, 3.05) is 7.05 Å². The number of carbonyl (C=O) groups excluding carboxylic acids is 1. The van der Waals surface area contributed by atoms with Crippen molar-refractivity contribution in [1.29, 1.82) is 0 Å². The van der Waals surface area contributed by atoms with Gasteiger partial charge in [-0.05, 0) is 33.2 Å². The Hall–Kier alpha value is -0.370. The summed E-state index contributed by atoms with van der Waals surface area (Å²) in [6, 6.07) is 1.12. The van der Waals surface area contributed by atoms with Crippen LogP contribution in [0.15, 0.2) is 0 Å². The third-order valence-corrected chi connectivity index (χ3v) is 3.32. The van der Waals surface area contributed by atoms with Gasteiger partial charge in [-0.15, -0.1) is 0 Å². The van der Waals surface area contributed by atoms with Gasteiger partial charge in [-0.25, -0.2) is 0 Å². The van der Waals surface area contributed by atoms with Gasteiger partial charge in [0.1, 0.15) is 5.78 Å². The normalized spacial score (nSPS) is 26.5. The van der Waals surface area contributed by atoms with Crippen molar-refractivity contribution >= 4 is 5.78 Å². The molecule has 0 saturated heterocycles. The highest BCUT2D eigenvalue weighted by Gasteiger charge is 2.24. The molecule has 0 bridgehead atoms. The van der Waals surface area contributed by atoms with E-state index in [-0.39, 0.29) is 0 Å². The lowest BCUT2D eigenvalue weighted by Crippen LogP contribution is -2.41.